The van der Waals surface area contributed by atoms with Gasteiger partial charge in [-0.3, -0.25) is 4.90 Å². The molecule has 1 saturated heterocycles. The highest BCUT2D eigenvalue weighted by Crippen LogP contribution is 2.26. The molecule has 18 heavy (non-hydrogen) atoms. The molecule has 0 spiro atoms. The van der Waals surface area contributed by atoms with Gasteiger partial charge in [0.25, 0.3) is 0 Å². The Kier molecular flexibility index (Phi) is 4.26. The zero-order chi connectivity index (χ0) is 13.1. The maximum absolute atomic E-state index is 8.84. The van der Waals surface area contributed by atoms with Gasteiger partial charge in [0, 0.05) is 35.3 Å². The highest BCUT2D eigenvalue weighted by atomic mass is 79.9. The third kappa shape index (κ3) is 3.04. The molecule has 1 heterocycles. The van der Waals surface area contributed by atoms with Crippen molar-refractivity contribution in [1.29, 1.82) is 5.26 Å². The molecular weight excluding hydrogens is 290 g/mol. The fourth-order valence-electron chi connectivity index (χ4n) is 2.30. The molecule has 4 heteroatoms. The predicted octanol–water partition coefficient (Wildman–Crippen LogP) is 3.22. The lowest BCUT2D eigenvalue weighted by Crippen LogP contribution is -2.31. The standard InChI is InChI=1S/C14H18BrN3/c1-10(2)18-6-5-12(9-18)17-14-4-3-11(8-16)7-13(14)15/h3-4,7,10,12,17H,5-6,9H2,1-2H3. The van der Waals surface area contributed by atoms with E-state index in [1.165, 1.54) is 6.42 Å². The first kappa shape index (κ1) is 13.4. The highest BCUT2D eigenvalue weighted by Gasteiger charge is 2.24. The molecule has 1 atom stereocenters. The molecule has 0 aliphatic carbocycles. The van der Waals surface area contributed by atoms with Crippen molar-refractivity contribution in [2.75, 3.05) is 18.4 Å². The number of likely N-dealkylation sites (tertiary alicyclic amines) is 1. The van der Waals surface area contributed by atoms with Crippen molar-refractivity contribution >= 4 is 21.6 Å². The van der Waals surface area contributed by atoms with E-state index in [2.05, 4.69) is 46.1 Å². The predicted molar refractivity (Wildman–Crippen MR) is 77.6 cm³/mol. The zero-order valence-electron chi connectivity index (χ0n) is 10.8. The van der Waals surface area contributed by atoms with Crippen LogP contribution in [-0.4, -0.2) is 30.1 Å². The Balaban J connectivity index is 2.01. The number of hydrogen-bond acceptors (Lipinski definition) is 3. The van der Waals surface area contributed by atoms with Gasteiger partial charge in [-0.15, -0.1) is 0 Å². The van der Waals surface area contributed by atoms with Gasteiger partial charge in [-0.1, -0.05) is 0 Å². The lowest BCUT2D eigenvalue weighted by Gasteiger charge is -2.21. The van der Waals surface area contributed by atoms with Crippen LogP contribution in [0.5, 0.6) is 0 Å². The van der Waals surface area contributed by atoms with E-state index in [1.54, 1.807) is 0 Å². The van der Waals surface area contributed by atoms with Crippen LogP contribution in [0.1, 0.15) is 25.8 Å². The minimum Gasteiger partial charge on any atom is -0.380 e. The molecule has 2 rings (SSSR count). The van der Waals surface area contributed by atoms with Crippen LogP contribution >= 0.6 is 15.9 Å². The molecule has 1 N–H and O–H groups in total. The van der Waals surface area contributed by atoms with E-state index in [9.17, 15) is 0 Å². The van der Waals surface area contributed by atoms with Gasteiger partial charge in [-0.2, -0.15) is 5.26 Å². The summed E-state index contributed by atoms with van der Waals surface area (Å²) in [6, 6.07) is 8.93. The van der Waals surface area contributed by atoms with Crippen molar-refractivity contribution in [3.63, 3.8) is 0 Å². The lowest BCUT2D eigenvalue weighted by molar-refractivity contribution is 0.274. The van der Waals surface area contributed by atoms with Crippen LogP contribution in [0.3, 0.4) is 0 Å². The topological polar surface area (TPSA) is 39.1 Å². The van der Waals surface area contributed by atoms with Crippen LogP contribution < -0.4 is 5.32 Å². The summed E-state index contributed by atoms with van der Waals surface area (Å²) in [6.07, 6.45) is 1.17. The maximum Gasteiger partial charge on any atom is 0.0992 e. The summed E-state index contributed by atoms with van der Waals surface area (Å²) >= 11 is 3.51. The Morgan fingerprint density at radius 3 is 2.83 bits per heavy atom. The summed E-state index contributed by atoms with van der Waals surface area (Å²) < 4.78 is 0.963. The van der Waals surface area contributed by atoms with E-state index in [0.717, 1.165) is 23.2 Å². The van der Waals surface area contributed by atoms with Gasteiger partial charge in [0.1, 0.15) is 0 Å². The summed E-state index contributed by atoms with van der Waals surface area (Å²) in [5, 5.41) is 12.4. The Hall–Kier alpha value is -1.05. The normalized spacial score (nSPS) is 20.1. The first-order valence-electron chi connectivity index (χ1n) is 6.30. The molecule has 0 aromatic heterocycles. The van der Waals surface area contributed by atoms with Crippen LogP contribution in [0.25, 0.3) is 0 Å². The molecule has 1 aliphatic rings. The first-order valence-corrected chi connectivity index (χ1v) is 7.09. The number of hydrogen-bond donors (Lipinski definition) is 1. The quantitative estimate of drug-likeness (QED) is 0.932. The average Bonchev–Trinajstić information content (AvgIpc) is 2.80. The summed E-state index contributed by atoms with van der Waals surface area (Å²) in [7, 11) is 0. The zero-order valence-corrected chi connectivity index (χ0v) is 12.4. The Labute approximate surface area is 117 Å². The van der Waals surface area contributed by atoms with Crippen molar-refractivity contribution in [3.05, 3.63) is 28.2 Å². The number of nitriles is 1. The van der Waals surface area contributed by atoms with Crippen molar-refractivity contribution in [1.82, 2.24) is 4.90 Å². The average molecular weight is 308 g/mol. The molecular formula is C14H18BrN3. The van der Waals surface area contributed by atoms with E-state index in [0.29, 0.717) is 17.6 Å². The largest absolute Gasteiger partial charge is 0.380 e. The Morgan fingerprint density at radius 1 is 1.50 bits per heavy atom. The summed E-state index contributed by atoms with van der Waals surface area (Å²) in [6.45, 7) is 6.72. The molecule has 1 aromatic carbocycles. The molecule has 1 fully saturated rings. The van der Waals surface area contributed by atoms with Gasteiger partial charge in [0.05, 0.1) is 11.6 Å². The lowest BCUT2D eigenvalue weighted by atomic mass is 10.2. The van der Waals surface area contributed by atoms with Crippen molar-refractivity contribution < 1.29 is 0 Å². The molecule has 3 nitrogen and oxygen atoms in total. The number of halogens is 1. The highest BCUT2D eigenvalue weighted by molar-refractivity contribution is 9.10. The summed E-state index contributed by atoms with van der Waals surface area (Å²) in [5.74, 6) is 0. The van der Waals surface area contributed by atoms with Crippen LogP contribution in [0.2, 0.25) is 0 Å². The maximum atomic E-state index is 8.84. The number of nitrogens with one attached hydrogen (secondary N) is 1. The number of benzene rings is 1. The first-order chi connectivity index (χ1) is 8.60. The van der Waals surface area contributed by atoms with Crippen LogP contribution in [0.15, 0.2) is 22.7 Å². The second-order valence-electron chi connectivity index (χ2n) is 5.03. The van der Waals surface area contributed by atoms with Gasteiger partial charge in [-0.25, -0.2) is 0 Å². The van der Waals surface area contributed by atoms with Gasteiger partial charge in [-0.05, 0) is 54.4 Å². The smallest absolute Gasteiger partial charge is 0.0992 e. The second kappa shape index (κ2) is 5.73. The van der Waals surface area contributed by atoms with E-state index in [4.69, 9.17) is 5.26 Å². The third-order valence-electron chi connectivity index (χ3n) is 3.41. The summed E-state index contributed by atoms with van der Waals surface area (Å²) in [4.78, 5) is 2.48. The monoisotopic (exact) mass is 307 g/mol. The van der Waals surface area contributed by atoms with E-state index >= 15 is 0 Å². The molecule has 1 unspecified atom stereocenters. The SMILES string of the molecule is CC(C)N1CCC(Nc2ccc(C#N)cc2Br)C1. The van der Waals surface area contributed by atoms with Crippen LogP contribution in [0.4, 0.5) is 5.69 Å². The van der Waals surface area contributed by atoms with Crippen molar-refractivity contribution in [2.24, 2.45) is 0 Å². The van der Waals surface area contributed by atoms with Crippen molar-refractivity contribution in [2.45, 2.75) is 32.4 Å². The minimum atomic E-state index is 0.497. The Bertz CT molecular complexity index is 465. The summed E-state index contributed by atoms with van der Waals surface area (Å²) in [5.41, 5.74) is 1.76. The van der Waals surface area contributed by atoms with Gasteiger partial charge in [0.15, 0.2) is 0 Å². The molecule has 0 bridgehead atoms. The molecule has 1 aromatic rings. The Morgan fingerprint density at radius 2 is 2.28 bits per heavy atom. The van der Waals surface area contributed by atoms with Crippen molar-refractivity contribution in [3.8, 4) is 6.07 Å². The number of rotatable bonds is 3. The molecule has 0 saturated carbocycles. The molecule has 0 amide bonds. The van der Waals surface area contributed by atoms with E-state index in [1.807, 2.05) is 18.2 Å². The second-order valence-corrected chi connectivity index (χ2v) is 5.88. The molecule has 96 valence electrons. The van der Waals surface area contributed by atoms with Gasteiger partial charge in [0.2, 0.25) is 0 Å². The fourth-order valence-corrected chi connectivity index (χ4v) is 2.79. The van der Waals surface area contributed by atoms with E-state index in [-0.39, 0.29) is 0 Å². The van der Waals surface area contributed by atoms with Crippen LogP contribution in [-0.2, 0) is 0 Å². The van der Waals surface area contributed by atoms with Crippen LogP contribution in [0, 0.1) is 11.3 Å². The van der Waals surface area contributed by atoms with Gasteiger partial charge >= 0.3 is 0 Å². The minimum absolute atomic E-state index is 0.497. The fraction of sp³-hybridized carbons (Fsp3) is 0.500. The molecule has 0 radical (unpaired) electrons. The van der Waals surface area contributed by atoms with E-state index < -0.39 is 0 Å². The number of anilines is 1. The van der Waals surface area contributed by atoms with Gasteiger partial charge < -0.3 is 5.32 Å². The molecule has 1 aliphatic heterocycles. The third-order valence-corrected chi connectivity index (χ3v) is 4.06. The number of nitrogens with zero attached hydrogens (tertiary/aromatic N) is 2.